The van der Waals surface area contributed by atoms with E-state index in [4.69, 9.17) is 16.3 Å². The number of carbonyl (C=O) groups excluding carboxylic acids is 1. The summed E-state index contributed by atoms with van der Waals surface area (Å²) in [7, 11) is 1.54. The van der Waals surface area contributed by atoms with Crippen LogP contribution in [-0.4, -0.2) is 43.6 Å². The summed E-state index contributed by atoms with van der Waals surface area (Å²) in [5.41, 5.74) is 0.566. The van der Waals surface area contributed by atoms with Gasteiger partial charge in [-0.3, -0.25) is 4.79 Å². The van der Waals surface area contributed by atoms with Crippen molar-refractivity contribution >= 4 is 17.5 Å². The lowest BCUT2D eigenvalue weighted by Crippen LogP contribution is -2.51. The molecule has 0 radical (unpaired) electrons. The number of piperazine rings is 1. The van der Waals surface area contributed by atoms with E-state index in [0.717, 1.165) is 13.1 Å². The van der Waals surface area contributed by atoms with Crippen LogP contribution in [0, 0.1) is 0 Å². The Hall–Kier alpha value is -1.26. The fraction of sp³-hybridized carbons (Fsp3) is 0.462. The monoisotopic (exact) mass is 268 g/mol. The van der Waals surface area contributed by atoms with Gasteiger partial charge < -0.3 is 15.0 Å². The topological polar surface area (TPSA) is 41.6 Å². The smallest absolute Gasteiger partial charge is 0.257 e. The number of nitrogens with zero attached hydrogens (tertiary/aromatic N) is 1. The Kier molecular flexibility index (Phi) is 4.09. The average Bonchev–Trinajstić information content (AvgIpc) is 2.37. The fourth-order valence-corrected chi connectivity index (χ4v) is 2.29. The van der Waals surface area contributed by atoms with Crippen molar-refractivity contribution in [2.75, 3.05) is 26.7 Å². The molecule has 0 spiro atoms. The van der Waals surface area contributed by atoms with Crippen LogP contribution in [0.1, 0.15) is 17.3 Å². The molecule has 1 heterocycles. The first kappa shape index (κ1) is 13.2. The van der Waals surface area contributed by atoms with E-state index in [-0.39, 0.29) is 5.91 Å². The Labute approximate surface area is 112 Å². The zero-order chi connectivity index (χ0) is 13.1. The van der Waals surface area contributed by atoms with Crippen LogP contribution in [0.2, 0.25) is 5.02 Å². The van der Waals surface area contributed by atoms with Crippen LogP contribution < -0.4 is 10.1 Å². The van der Waals surface area contributed by atoms with E-state index >= 15 is 0 Å². The zero-order valence-electron chi connectivity index (χ0n) is 10.6. The largest absolute Gasteiger partial charge is 0.496 e. The highest BCUT2D eigenvalue weighted by molar-refractivity contribution is 6.30. The number of hydrogen-bond acceptors (Lipinski definition) is 3. The van der Waals surface area contributed by atoms with Gasteiger partial charge >= 0.3 is 0 Å². The van der Waals surface area contributed by atoms with Gasteiger partial charge in [-0.05, 0) is 25.1 Å². The number of nitrogens with one attached hydrogen (secondary N) is 1. The molecule has 1 aliphatic heterocycles. The number of benzene rings is 1. The van der Waals surface area contributed by atoms with Gasteiger partial charge in [0.25, 0.3) is 5.91 Å². The quantitative estimate of drug-likeness (QED) is 0.889. The Morgan fingerprint density at radius 3 is 3.00 bits per heavy atom. The third kappa shape index (κ3) is 2.76. The minimum Gasteiger partial charge on any atom is -0.496 e. The average molecular weight is 269 g/mol. The summed E-state index contributed by atoms with van der Waals surface area (Å²) in [5, 5.41) is 3.88. The van der Waals surface area contributed by atoms with Crippen LogP contribution in [0.15, 0.2) is 18.2 Å². The van der Waals surface area contributed by atoms with Crippen LogP contribution in [0.4, 0.5) is 0 Å². The summed E-state index contributed by atoms with van der Waals surface area (Å²) in [6.45, 7) is 4.32. The second-order valence-electron chi connectivity index (χ2n) is 4.45. The molecule has 0 saturated carbocycles. The molecule has 4 nitrogen and oxygen atoms in total. The molecular formula is C13H17ClN2O2. The van der Waals surface area contributed by atoms with E-state index in [9.17, 15) is 4.79 Å². The Balaban J connectivity index is 2.22. The number of amides is 1. The van der Waals surface area contributed by atoms with E-state index in [2.05, 4.69) is 12.2 Å². The fourth-order valence-electron chi connectivity index (χ4n) is 2.13. The molecule has 98 valence electrons. The van der Waals surface area contributed by atoms with Crippen molar-refractivity contribution in [3.63, 3.8) is 0 Å². The summed E-state index contributed by atoms with van der Waals surface area (Å²) in [4.78, 5) is 14.3. The Bertz CT molecular complexity index is 451. The predicted molar refractivity (Wildman–Crippen MR) is 71.4 cm³/mol. The minimum absolute atomic E-state index is 0.00290. The van der Waals surface area contributed by atoms with Gasteiger partial charge in [0.2, 0.25) is 0 Å². The van der Waals surface area contributed by atoms with Crippen molar-refractivity contribution in [2.45, 2.75) is 13.0 Å². The van der Waals surface area contributed by atoms with E-state index in [0.29, 0.717) is 28.9 Å². The highest BCUT2D eigenvalue weighted by atomic mass is 35.5. The summed E-state index contributed by atoms with van der Waals surface area (Å²) in [6.07, 6.45) is 0. The number of carbonyl (C=O) groups is 1. The van der Waals surface area contributed by atoms with Crippen molar-refractivity contribution in [1.82, 2.24) is 10.2 Å². The minimum atomic E-state index is -0.00290. The molecule has 2 rings (SSSR count). The molecule has 0 aliphatic carbocycles. The molecule has 1 amide bonds. The van der Waals surface area contributed by atoms with Gasteiger partial charge in [0.15, 0.2) is 0 Å². The third-order valence-electron chi connectivity index (χ3n) is 3.05. The lowest BCUT2D eigenvalue weighted by atomic mass is 10.1. The predicted octanol–water partition coefficient (Wildman–Crippen LogP) is 1.78. The van der Waals surface area contributed by atoms with Crippen molar-refractivity contribution in [2.24, 2.45) is 0 Å². The normalized spacial score (nSPS) is 19.7. The van der Waals surface area contributed by atoms with Crippen molar-refractivity contribution in [1.29, 1.82) is 0 Å². The van der Waals surface area contributed by atoms with Gasteiger partial charge in [0.1, 0.15) is 5.75 Å². The van der Waals surface area contributed by atoms with Gasteiger partial charge in [0, 0.05) is 30.7 Å². The maximum Gasteiger partial charge on any atom is 0.257 e. The summed E-state index contributed by atoms with van der Waals surface area (Å²) >= 11 is 5.89. The lowest BCUT2D eigenvalue weighted by molar-refractivity contribution is 0.0705. The maximum absolute atomic E-state index is 12.4. The highest BCUT2D eigenvalue weighted by Gasteiger charge is 2.23. The first-order chi connectivity index (χ1) is 8.61. The van der Waals surface area contributed by atoms with E-state index < -0.39 is 0 Å². The molecule has 1 fully saturated rings. The molecule has 1 aromatic rings. The van der Waals surface area contributed by atoms with Crippen molar-refractivity contribution < 1.29 is 9.53 Å². The summed E-state index contributed by atoms with van der Waals surface area (Å²) in [6, 6.07) is 5.42. The molecule has 1 aliphatic rings. The lowest BCUT2D eigenvalue weighted by Gasteiger charge is -2.32. The second-order valence-corrected chi connectivity index (χ2v) is 4.89. The molecule has 18 heavy (non-hydrogen) atoms. The zero-order valence-corrected chi connectivity index (χ0v) is 11.3. The van der Waals surface area contributed by atoms with Gasteiger partial charge in [-0.15, -0.1) is 0 Å². The standard InChI is InChI=1S/C13H17ClN2O2/c1-9-8-16(6-5-15-9)13(17)11-4-3-10(14)7-12(11)18-2/h3-4,7,9,15H,5-6,8H2,1-2H3/t9-/m1/s1. The van der Waals surface area contributed by atoms with E-state index in [1.54, 1.807) is 25.3 Å². The first-order valence-electron chi connectivity index (χ1n) is 5.98. The molecule has 1 saturated heterocycles. The molecule has 1 N–H and O–H groups in total. The van der Waals surface area contributed by atoms with Gasteiger partial charge in [0.05, 0.1) is 12.7 Å². The van der Waals surface area contributed by atoms with Crippen LogP contribution in [-0.2, 0) is 0 Å². The molecule has 1 aromatic carbocycles. The number of halogens is 1. The number of rotatable bonds is 2. The van der Waals surface area contributed by atoms with Gasteiger partial charge in [-0.1, -0.05) is 11.6 Å². The molecule has 1 atom stereocenters. The maximum atomic E-state index is 12.4. The van der Waals surface area contributed by atoms with Crippen LogP contribution in [0.5, 0.6) is 5.75 Å². The SMILES string of the molecule is COc1cc(Cl)ccc1C(=O)N1CCN[C@H](C)C1. The molecule has 5 heteroatoms. The van der Waals surface area contributed by atoms with E-state index in [1.807, 2.05) is 4.90 Å². The van der Waals surface area contributed by atoms with Crippen LogP contribution in [0.25, 0.3) is 0 Å². The van der Waals surface area contributed by atoms with Gasteiger partial charge in [-0.25, -0.2) is 0 Å². The van der Waals surface area contributed by atoms with Crippen molar-refractivity contribution in [3.8, 4) is 5.75 Å². The molecule has 0 bridgehead atoms. The number of hydrogen-bond donors (Lipinski definition) is 1. The van der Waals surface area contributed by atoms with Crippen LogP contribution in [0.3, 0.4) is 0 Å². The molecule has 0 unspecified atom stereocenters. The summed E-state index contributed by atoms with van der Waals surface area (Å²) in [5.74, 6) is 0.524. The molecule has 0 aromatic heterocycles. The van der Waals surface area contributed by atoms with Crippen molar-refractivity contribution in [3.05, 3.63) is 28.8 Å². The van der Waals surface area contributed by atoms with E-state index in [1.165, 1.54) is 0 Å². The highest BCUT2D eigenvalue weighted by Crippen LogP contribution is 2.24. The number of ether oxygens (including phenoxy) is 1. The second kappa shape index (κ2) is 5.59. The molecular weight excluding hydrogens is 252 g/mol. The third-order valence-corrected chi connectivity index (χ3v) is 3.29. The number of methoxy groups -OCH3 is 1. The summed E-state index contributed by atoms with van der Waals surface area (Å²) < 4.78 is 5.22. The van der Waals surface area contributed by atoms with Crippen LogP contribution >= 0.6 is 11.6 Å². The van der Waals surface area contributed by atoms with Gasteiger partial charge in [-0.2, -0.15) is 0 Å². The Morgan fingerprint density at radius 1 is 1.56 bits per heavy atom. The first-order valence-corrected chi connectivity index (χ1v) is 6.36. The Morgan fingerprint density at radius 2 is 2.33 bits per heavy atom.